The molecule has 0 aromatic heterocycles. The summed E-state index contributed by atoms with van der Waals surface area (Å²) in [4.78, 5) is 14.2. The molecule has 120 valence electrons. The van der Waals surface area contributed by atoms with Gasteiger partial charge in [0.05, 0.1) is 16.4 Å². The van der Waals surface area contributed by atoms with Gasteiger partial charge in [-0.05, 0) is 64.6 Å². The van der Waals surface area contributed by atoms with Crippen molar-refractivity contribution < 1.29 is 14.6 Å². The van der Waals surface area contributed by atoms with Gasteiger partial charge in [0.2, 0.25) is 5.91 Å². The highest BCUT2D eigenvalue weighted by atomic mass is 127. The molecular formula is C16H13BrINO3S. The summed E-state index contributed by atoms with van der Waals surface area (Å²) in [6.45, 7) is 0. The molecule has 0 aliphatic carbocycles. The first-order chi connectivity index (χ1) is 11.0. The zero-order chi connectivity index (χ0) is 16.6. The van der Waals surface area contributed by atoms with E-state index in [2.05, 4.69) is 38.5 Å². The number of anilines is 1. The Balaban J connectivity index is 2.03. The van der Waals surface area contributed by atoms with Gasteiger partial charge in [-0.25, -0.2) is 0 Å². The summed E-state index contributed by atoms with van der Waals surface area (Å²) in [5.74, 6) is 1.05. The molecule has 7 heteroatoms. The fraction of sp³-hybridized carbons (Fsp3) is 0.188. The maximum atomic E-state index is 12.4. The molecule has 4 nitrogen and oxygen atoms in total. The van der Waals surface area contributed by atoms with Gasteiger partial charge in [-0.2, -0.15) is 0 Å². The first-order valence-corrected chi connectivity index (χ1v) is 9.69. The number of carbonyl (C=O) groups is 1. The number of amides is 1. The molecule has 3 rings (SSSR count). The van der Waals surface area contributed by atoms with E-state index in [1.165, 1.54) is 7.11 Å². The van der Waals surface area contributed by atoms with Gasteiger partial charge in [0, 0.05) is 10.2 Å². The highest BCUT2D eigenvalue weighted by Crippen LogP contribution is 2.45. The van der Waals surface area contributed by atoms with Crippen LogP contribution in [0.4, 0.5) is 5.69 Å². The van der Waals surface area contributed by atoms with Crippen molar-refractivity contribution in [3.63, 3.8) is 0 Å². The van der Waals surface area contributed by atoms with E-state index >= 15 is 0 Å². The molecule has 1 amide bonds. The van der Waals surface area contributed by atoms with E-state index in [1.807, 2.05) is 30.3 Å². The molecule has 1 aliphatic heterocycles. The average molecular weight is 506 g/mol. The number of ether oxygens (including phenoxy) is 1. The minimum atomic E-state index is -0.133. The predicted molar refractivity (Wildman–Crippen MR) is 104 cm³/mol. The lowest BCUT2D eigenvalue weighted by molar-refractivity contribution is -0.115. The zero-order valence-electron chi connectivity index (χ0n) is 12.1. The van der Waals surface area contributed by atoms with Crippen molar-refractivity contribution in [2.24, 2.45) is 0 Å². The average Bonchev–Trinajstić information content (AvgIpc) is 2.92. The molecule has 2 aromatic rings. The lowest BCUT2D eigenvalue weighted by Gasteiger charge is -2.25. The van der Waals surface area contributed by atoms with Gasteiger partial charge in [-0.15, -0.1) is 11.8 Å². The molecule has 2 aromatic carbocycles. The van der Waals surface area contributed by atoms with Crippen molar-refractivity contribution in [3.05, 3.63) is 50.0 Å². The Morgan fingerprint density at radius 2 is 2.04 bits per heavy atom. The largest absolute Gasteiger partial charge is 0.504 e. The molecular weight excluding hydrogens is 493 g/mol. The summed E-state index contributed by atoms with van der Waals surface area (Å²) < 4.78 is 6.91. The van der Waals surface area contributed by atoms with Crippen LogP contribution in [0.1, 0.15) is 10.9 Å². The van der Waals surface area contributed by atoms with Crippen molar-refractivity contribution in [2.75, 3.05) is 17.8 Å². The Kier molecular flexibility index (Phi) is 5.07. The first-order valence-electron chi connectivity index (χ1n) is 6.77. The number of halogens is 2. The normalized spacial score (nSPS) is 17.6. The van der Waals surface area contributed by atoms with Gasteiger partial charge < -0.3 is 9.84 Å². The van der Waals surface area contributed by atoms with Crippen LogP contribution in [0.15, 0.2) is 40.9 Å². The van der Waals surface area contributed by atoms with Gasteiger partial charge in [-0.3, -0.25) is 9.69 Å². The predicted octanol–water partition coefficient (Wildman–Crippen LogP) is 4.55. The Morgan fingerprint density at radius 3 is 2.70 bits per heavy atom. The fourth-order valence-electron chi connectivity index (χ4n) is 2.44. The quantitative estimate of drug-likeness (QED) is 0.622. The maximum absolute atomic E-state index is 12.4. The molecule has 1 fully saturated rings. The SMILES string of the molecule is COc1cc(C2SCC(=O)N2c2ccc(Br)cc2)cc(I)c1O. The summed E-state index contributed by atoms with van der Waals surface area (Å²) in [6.07, 6.45) is 0. The number of rotatable bonds is 3. The lowest BCUT2D eigenvalue weighted by atomic mass is 10.1. The Labute approximate surface area is 160 Å². The Hall–Kier alpha value is -0.930. The fourth-order valence-corrected chi connectivity index (χ4v) is 4.49. The molecule has 0 spiro atoms. The molecule has 0 radical (unpaired) electrons. The van der Waals surface area contributed by atoms with Crippen molar-refractivity contribution >= 4 is 61.9 Å². The highest BCUT2D eigenvalue weighted by Gasteiger charge is 2.34. The highest BCUT2D eigenvalue weighted by molar-refractivity contribution is 14.1. The maximum Gasteiger partial charge on any atom is 0.238 e. The third-order valence-electron chi connectivity index (χ3n) is 3.53. The first kappa shape index (κ1) is 16.9. The van der Waals surface area contributed by atoms with Crippen LogP contribution in [0.25, 0.3) is 0 Å². The van der Waals surface area contributed by atoms with Crippen LogP contribution in [-0.2, 0) is 4.79 Å². The summed E-state index contributed by atoms with van der Waals surface area (Å²) in [5.41, 5.74) is 1.79. The van der Waals surface area contributed by atoms with E-state index in [4.69, 9.17) is 4.74 Å². The second kappa shape index (κ2) is 6.90. The van der Waals surface area contributed by atoms with Crippen molar-refractivity contribution in [2.45, 2.75) is 5.37 Å². The van der Waals surface area contributed by atoms with Gasteiger partial charge >= 0.3 is 0 Å². The molecule has 0 saturated carbocycles. The Morgan fingerprint density at radius 1 is 1.35 bits per heavy atom. The molecule has 1 aliphatic rings. The number of thioether (sulfide) groups is 1. The van der Waals surface area contributed by atoms with Crippen LogP contribution in [0.2, 0.25) is 0 Å². The van der Waals surface area contributed by atoms with Crippen LogP contribution in [0, 0.1) is 3.57 Å². The summed E-state index contributed by atoms with van der Waals surface area (Å²) in [6, 6.07) is 11.4. The van der Waals surface area contributed by atoms with Crippen molar-refractivity contribution in [3.8, 4) is 11.5 Å². The third-order valence-corrected chi connectivity index (χ3v) is 6.09. The van der Waals surface area contributed by atoms with Gasteiger partial charge in [0.1, 0.15) is 5.37 Å². The van der Waals surface area contributed by atoms with Crippen LogP contribution >= 0.6 is 50.3 Å². The molecule has 23 heavy (non-hydrogen) atoms. The van der Waals surface area contributed by atoms with E-state index in [1.54, 1.807) is 22.7 Å². The zero-order valence-corrected chi connectivity index (χ0v) is 16.7. The van der Waals surface area contributed by atoms with Crippen LogP contribution in [0.5, 0.6) is 11.5 Å². The number of methoxy groups -OCH3 is 1. The molecule has 1 atom stereocenters. The molecule has 1 N–H and O–H groups in total. The Bertz CT molecular complexity index is 754. The van der Waals surface area contributed by atoms with Crippen molar-refractivity contribution in [1.82, 2.24) is 0 Å². The minimum absolute atomic E-state index is 0.0735. The van der Waals surface area contributed by atoms with Gasteiger partial charge in [0.25, 0.3) is 0 Å². The number of nitrogens with zero attached hydrogens (tertiary/aromatic N) is 1. The number of hydrogen-bond donors (Lipinski definition) is 1. The molecule has 1 unspecified atom stereocenters. The lowest BCUT2D eigenvalue weighted by Crippen LogP contribution is -2.27. The summed E-state index contributed by atoms with van der Waals surface area (Å²) in [7, 11) is 1.52. The van der Waals surface area contributed by atoms with E-state index in [0.29, 0.717) is 15.1 Å². The van der Waals surface area contributed by atoms with Crippen LogP contribution < -0.4 is 9.64 Å². The van der Waals surface area contributed by atoms with E-state index in [9.17, 15) is 9.90 Å². The van der Waals surface area contributed by atoms with E-state index in [0.717, 1.165) is 15.7 Å². The van der Waals surface area contributed by atoms with E-state index in [-0.39, 0.29) is 17.0 Å². The number of aromatic hydroxyl groups is 1. The van der Waals surface area contributed by atoms with E-state index < -0.39 is 0 Å². The topological polar surface area (TPSA) is 49.8 Å². The molecule has 0 bridgehead atoms. The second-order valence-electron chi connectivity index (χ2n) is 4.96. The molecule has 1 saturated heterocycles. The number of phenolic OH excluding ortho intramolecular Hbond substituents is 1. The smallest absolute Gasteiger partial charge is 0.238 e. The number of carbonyl (C=O) groups excluding carboxylic acids is 1. The second-order valence-corrected chi connectivity index (χ2v) is 8.10. The molecule has 1 heterocycles. The van der Waals surface area contributed by atoms with Gasteiger partial charge in [-0.1, -0.05) is 15.9 Å². The monoisotopic (exact) mass is 505 g/mol. The van der Waals surface area contributed by atoms with Gasteiger partial charge in [0.15, 0.2) is 11.5 Å². The summed E-state index contributed by atoms with van der Waals surface area (Å²) >= 11 is 7.05. The van der Waals surface area contributed by atoms with Crippen molar-refractivity contribution in [1.29, 1.82) is 0 Å². The van der Waals surface area contributed by atoms with Crippen LogP contribution in [-0.4, -0.2) is 23.9 Å². The summed E-state index contributed by atoms with van der Waals surface area (Å²) in [5, 5.41) is 9.87. The minimum Gasteiger partial charge on any atom is -0.504 e. The van der Waals surface area contributed by atoms with Crippen LogP contribution in [0.3, 0.4) is 0 Å². The number of phenols is 1. The third kappa shape index (κ3) is 3.32. The number of hydrogen-bond acceptors (Lipinski definition) is 4. The standard InChI is InChI=1S/C16H13BrINO3S/c1-22-13-7-9(6-12(18)15(13)21)16-19(14(20)8-23-16)11-4-2-10(17)3-5-11/h2-7,16,21H,8H2,1H3. The number of benzene rings is 2.